The van der Waals surface area contributed by atoms with Crippen LogP contribution in [0.1, 0.15) is 322 Å². The largest absolute Gasteiger partial charge is 0.472 e. The van der Waals surface area contributed by atoms with E-state index in [0.29, 0.717) is 6.42 Å². The van der Waals surface area contributed by atoms with E-state index in [0.717, 1.165) is 122 Å². The van der Waals surface area contributed by atoms with Crippen molar-refractivity contribution in [3.8, 4) is 0 Å². The number of allylic oxidation sites excluding steroid dienone is 28. The van der Waals surface area contributed by atoms with Gasteiger partial charge in [0, 0.05) is 19.4 Å². The molecular formula is C85H142NO8P. The van der Waals surface area contributed by atoms with Crippen LogP contribution in [-0.4, -0.2) is 49.3 Å². The quantitative estimate of drug-likeness (QED) is 0.0264. The minimum atomic E-state index is -4.42. The lowest BCUT2D eigenvalue weighted by molar-refractivity contribution is -0.161. The van der Waals surface area contributed by atoms with Crippen LogP contribution in [0.15, 0.2) is 170 Å². The number of carbonyl (C=O) groups excluding carboxylic acids is 2. The molecule has 0 fully saturated rings. The second kappa shape index (κ2) is 78.4. The first kappa shape index (κ1) is 90.4. The summed E-state index contributed by atoms with van der Waals surface area (Å²) in [5.74, 6) is -0.879. The summed E-state index contributed by atoms with van der Waals surface area (Å²) in [7, 11) is -4.42. The van der Waals surface area contributed by atoms with Crippen LogP contribution in [0.25, 0.3) is 0 Å². The van der Waals surface area contributed by atoms with E-state index >= 15 is 0 Å². The molecule has 3 N–H and O–H groups in total. The van der Waals surface area contributed by atoms with Gasteiger partial charge in [-0.25, -0.2) is 4.57 Å². The van der Waals surface area contributed by atoms with E-state index in [1.54, 1.807) is 0 Å². The Morgan fingerprint density at radius 3 is 0.832 bits per heavy atom. The number of carbonyl (C=O) groups is 2. The van der Waals surface area contributed by atoms with Gasteiger partial charge in [0.05, 0.1) is 13.2 Å². The summed E-state index contributed by atoms with van der Waals surface area (Å²) in [6.45, 7) is 3.48. The number of hydrogen-bond donors (Lipinski definition) is 2. The molecule has 540 valence electrons. The van der Waals surface area contributed by atoms with Gasteiger partial charge in [0.15, 0.2) is 6.10 Å². The number of unbranched alkanes of at least 4 members (excludes halogenated alkanes) is 30. The molecule has 2 atom stereocenters. The number of phosphoric ester groups is 1. The average molecular weight is 1340 g/mol. The van der Waals surface area contributed by atoms with Gasteiger partial charge in [-0.15, -0.1) is 0 Å². The summed E-state index contributed by atoms with van der Waals surface area (Å²) in [5.41, 5.74) is 5.40. The smallest absolute Gasteiger partial charge is 0.462 e. The van der Waals surface area contributed by atoms with Gasteiger partial charge in [-0.05, 0) is 128 Å². The van der Waals surface area contributed by atoms with Gasteiger partial charge in [-0.1, -0.05) is 351 Å². The Balaban J connectivity index is 3.89. The standard InChI is InChI=1S/C85H142NO8P/c1-3-5-7-9-11-13-15-17-19-21-23-25-27-29-31-33-35-37-38-39-40-41-42-43-44-46-47-49-51-53-55-57-59-61-63-65-67-69-71-73-75-77-84(87)91-81-83(82-93-95(89,90)92-80-79-86)94-85(88)78-76-74-72-70-68-66-64-62-60-58-56-54-52-50-48-45-36-34-32-30-28-26-24-22-20-18-16-14-12-10-8-6-4-2/h5-8,11-14,17-20,23-26,30,32,36,45,50,52,56,58,62,64,68,70,83H,3-4,9-10,15-16,21-22,27-29,31,33-35,37-44,46-49,51,53-55,57,59-61,63,65-67,69,71-82,86H2,1-2H3,(H,89,90)/b7-5-,8-6-,13-11-,14-12-,19-17-,20-18-,25-23-,26-24-,32-30-,45-36-,52-50-,58-56-,64-62-,70-68-. The molecule has 10 heteroatoms. The second-order valence-corrected chi connectivity index (χ2v) is 26.6. The minimum absolute atomic E-state index is 0.0393. The SMILES string of the molecule is CC/C=C\C/C=C\C/C=C\C/C=C\C/C=C\C/C=C\C/C=C\C/C=C\C/C=C\C/C=C\CCCCC(=O)OC(COC(=O)CCCCCCCCCCCCCCCCCCCCCCCCCCCCCC/C=C\C/C=C\C/C=C\C/C=C\CC)COP(=O)(O)OCCN. The molecule has 0 spiro atoms. The predicted molar refractivity (Wildman–Crippen MR) is 413 cm³/mol. The van der Waals surface area contributed by atoms with Crippen LogP contribution in [0.4, 0.5) is 0 Å². The van der Waals surface area contributed by atoms with Gasteiger partial charge in [0.2, 0.25) is 0 Å². The Kier molecular flexibility index (Phi) is 74.5. The van der Waals surface area contributed by atoms with Crippen LogP contribution in [-0.2, 0) is 32.7 Å². The monoisotopic (exact) mass is 1340 g/mol. The molecule has 0 heterocycles. The van der Waals surface area contributed by atoms with Gasteiger partial charge in [-0.3, -0.25) is 18.6 Å². The minimum Gasteiger partial charge on any atom is -0.462 e. The van der Waals surface area contributed by atoms with Gasteiger partial charge < -0.3 is 20.1 Å². The normalized spacial score (nSPS) is 13.9. The fraction of sp³-hybridized carbons (Fsp3) is 0.647. The fourth-order valence-electron chi connectivity index (χ4n) is 10.5. The lowest BCUT2D eigenvalue weighted by atomic mass is 10.0. The highest BCUT2D eigenvalue weighted by Gasteiger charge is 2.26. The molecule has 0 aromatic heterocycles. The summed E-state index contributed by atoms with van der Waals surface area (Å²) in [5, 5.41) is 0. The van der Waals surface area contributed by atoms with Crippen molar-refractivity contribution in [3.05, 3.63) is 170 Å². The third-order valence-electron chi connectivity index (χ3n) is 16.1. The molecule has 0 aromatic rings. The molecule has 0 rings (SSSR count). The van der Waals surface area contributed by atoms with Crippen molar-refractivity contribution < 1.29 is 37.6 Å². The molecule has 0 saturated heterocycles. The van der Waals surface area contributed by atoms with Crippen LogP contribution in [0.3, 0.4) is 0 Å². The van der Waals surface area contributed by atoms with Crippen LogP contribution < -0.4 is 5.73 Å². The first-order chi connectivity index (χ1) is 46.8. The highest BCUT2D eigenvalue weighted by molar-refractivity contribution is 7.47. The molecular weight excluding hydrogens is 1190 g/mol. The molecule has 0 saturated carbocycles. The number of phosphoric acid groups is 1. The number of rotatable bonds is 71. The van der Waals surface area contributed by atoms with Crippen LogP contribution >= 0.6 is 7.82 Å². The molecule has 95 heavy (non-hydrogen) atoms. The summed E-state index contributed by atoms with van der Waals surface area (Å²) < 4.78 is 33.2. The van der Waals surface area contributed by atoms with Crippen molar-refractivity contribution in [1.82, 2.24) is 0 Å². The van der Waals surface area contributed by atoms with E-state index < -0.39 is 32.5 Å². The zero-order valence-electron chi connectivity index (χ0n) is 60.8. The Morgan fingerprint density at radius 1 is 0.316 bits per heavy atom. The maximum Gasteiger partial charge on any atom is 0.472 e. The molecule has 0 aromatic carbocycles. The van der Waals surface area contributed by atoms with Crippen molar-refractivity contribution >= 4 is 19.8 Å². The van der Waals surface area contributed by atoms with Crippen molar-refractivity contribution in [3.63, 3.8) is 0 Å². The molecule has 0 bridgehead atoms. The molecule has 0 aliphatic heterocycles. The molecule has 9 nitrogen and oxygen atoms in total. The first-order valence-corrected chi connectivity index (χ1v) is 40.1. The molecule has 0 aliphatic rings. The van der Waals surface area contributed by atoms with Gasteiger partial charge in [-0.2, -0.15) is 0 Å². The fourth-order valence-corrected chi connectivity index (χ4v) is 11.2. The summed E-state index contributed by atoms with van der Waals surface area (Å²) >= 11 is 0. The third kappa shape index (κ3) is 78.3. The molecule has 0 aliphatic carbocycles. The lowest BCUT2D eigenvalue weighted by Gasteiger charge is -2.19. The van der Waals surface area contributed by atoms with Crippen LogP contribution in [0.5, 0.6) is 0 Å². The summed E-state index contributed by atoms with van der Waals surface area (Å²) in [4.78, 5) is 35.4. The van der Waals surface area contributed by atoms with Crippen LogP contribution in [0.2, 0.25) is 0 Å². The van der Waals surface area contributed by atoms with Crippen molar-refractivity contribution in [2.24, 2.45) is 5.73 Å². The molecule has 2 unspecified atom stereocenters. The van der Waals surface area contributed by atoms with Crippen molar-refractivity contribution in [2.45, 2.75) is 328 Å². The average Bonchev–Trinajstić information content (AvgIpc) is 3.25. The Labute approximate surface area is 584 Å². The number of nitrogens with two attached hydrogens (primary N) is 1. The molecule has 0 amide bonds. The Morgan fingerprint density at radius 2 is 0.547 bits per heavy atom. The van der Waals surface area contributed by atoms with E-state index in [1.807, 2.05) is 0 Å². The van der Waals surface area contributed by atoms with Gasteiger partial charge in [0.1, 0.15) is 6.61 Å². The Hall–Kier alpha value is -4.63. The van der Waals surface area contributed by atoms with E-state index in [4.69, 9.17) is 24.3 Å². The predicted octanol–water partition coefficient (Wildman–Crippen LogP) is 26.1. The zero-order chi connectivity index (χ0) is 68.6. The Bertz CT molecular complexity index is 2170. The third-order valence-corrected chi connectivity index (χ3v) is 17.1. The zero-order valence-corrected chi connectivity index (χ0v) is 61.7. The van der Waals surface area contributed by atoms with Gasteiger partial charge >= 0.3 is 19.8 Å². The topological polar surface area (TPSA) is 134 Å². The highest BCUT2D eigenvalue weighted by atomic mass is 31.2. The number of hydrogen-bond acceptors (Lipinski definition) is 8. The number of esters is 2. The number of ether oxygens (including phenoxy) is 2. The first-order valence-electron chi connectivity index (χ1n) is 38.6. The van der Waals surface area contributed by atoms with E-state index in [-0.39, 0.29) is 32.6 Å². The lowest BCUT2D eigenvalue weighted by Crippen LogP contribution is -2.29. The van der Waals surface area contributed by atoms with Crippen molar-refractivity contribution in [2.75, 3.05) is 26.4 Å². The van der Waals surface area contributed by atoms with Crippen molar-refractivity contribution in [1.29, 1.82) is 0 Å². The van der Waals surface area contributed by atoms with E-state index in [1.165, 1.54) is 167 Å². The summed E-state index contributed by atoms with van der Waals surface area (Å²) in [6, 6.07) is 0. The van der Waals surface area contributed by atoms with Crippen LogP contribution in [0, 0.1) is 0 Å². The second-order valence-electron chi connectivity index (χ2n) is 25.1. The van der Waals surface area contributed by atoms with Gasteiger partial charge in [0.25, 0.3) is 0 Å². The van der Waals surface area contributed by atoms with E-state index in [2.05, 4.69) is 184 Å². The van der Waals surface area contributed by atoms with E-state index in [9.17, 15) is 19.0 Å². The maximum atomic E-state index is 12.8. The maximum absolute atomic E-state index is 12.8. The highest BCUT2D eigenvalue weighted by Crippen LogP contribution is 2.43. The molecule has 0 radical (unpaired) electrons. The summed E-state index contributed by atoms with van der Waals surface area (Å²) in [6.07, 6.45) is 116.